The Labute approximate surface area is 116 Å². The zero-order chi connectivity index (χ0) is 14.5. The lowest BCUT2D eigenvalue weighted by atomic mass is 10.0. The van der Waals surface area contributed by atoms with Crippen LogP contribution in [0.25, 0.3) is 0 Å². The first-order chi connectivity index (χ1) is 9.56. The van der Waals surface area contributed by atoms with Crippen molar-refractivity contribution in [3.8, 4) is 0 Å². The summed E-state index contributed by atoms with van der Waals surface area (Å²) in [6.07, 6.45) is 0.292. The highest BCUT2D eigenvalue weighted by Gasteiger charge is 2.21. The van der Waals surface area contributed by atoms with Crippen molar-refractivity contribution < 1.29 is 19.5 Å². The molecule has 1 aromatic carbocycles. The first-order valence-corrected chi connectivity index (χ1v) is 6.43. The lowest BCUT2D eigenvalue weighted by molar-refractivity contribution is -0.138. The number of urea groups is 1. The summed E-state index contributed by atoms with van der Waals surface area (Å²) in [5.74, 6) is -1.62. The topological polar surface area (TPSA) is 86.7 Å². The molecule has 1 heterocycles. The Balaban J connectivity index is 1.88. The summed E-state index contributed by atoms with van der Waals surface area (Å²) in [4.78, 5) is 35.2. The number of aliphatic carboxylic acids is 1. The second-order valence-electron chi connectivity index (χ2n) is 4.69. The molecule has 0 unspecified atom stereocenters. The maximum absolute atomic E-state index is 11.9. The summed E-state index contributed by atoms with van der Waals surface area (Å²) >= 11 is 0. The Morgan fingerprint density at radius 2 is 1.85 bits per heavy atom. The van der Waals surface area contributed by atoms with Gasteiger partial charge in [0.1, 0.15) is 0 Å². The Morgan fingerprint density at radius 1 is 1.15 bits per heavy atom. The van der Waals surface area contributed by atoms with E-state index < -0.39 is 17.9 Å². The highest BCUT2D eigenvalue weighted by molar-refractivity contribution is 5.95. The molecule has 0 saturated carbocycles. The lowest BCUT2D eigenvalue weighted by Crippen LogP contribution is -2.45. The Morgan fingerprint density at radius 3 is 2.55 bits per heavy atom. The van der Waals surface area contributed by atoms with Crippen LogP contribution in [-0.2, 0) is 22.6 Å². The van der Waals surface area contributed by atoms with E-state index in [0.717, 1.165) is 12.0 Å². The zero-order valence-electron chi connectivity index (χ0n) is 11.0. The third kappa shape index (κ3) is 3.57. The Bertz CT molecular complexity index is 542. The van der Waals surface area contributed by atoms with Crippen molar-refractivity contribution in [3.05, 3.63) is 35.4 Å². The van der Waals surface area contributed by atoms with Gasteiger partial charge in [-0.1, -0.05) is 24.3 Å². The molecule has 0 aromatic heterocycles. The van der Waals surface area contributed by atoms with Gasteiger partial charge in [0, 0.05) is 19.5 Å². The van der Waals surface area contributed by atoms with E-state index in [1.165, 1.54) is 5.56 Å². The molecule has 0 atom stereocenters. The number of carbonyl (C=O) groups excluding carboxylic acids is 2. The van der Waals surface area contributed by atoms with Gasteiger partial charge >= 0.3 is 12.0 Å². The molecule has 0 aliphatic carbocycles. The number of amides is 3. The molecule has 2 rings (SSSR count). The van der Waals surface area contributed by atoms with Crippen LogP contribution in [-0.4, -0.2) is 34.5 Å². The molecule has 0 fully saturated rings. The van der Waals surface area contributed by atoms with Crippen LogP contribution in [0.2, 0.25) is 0 Å². The third-order valence-electron chi connectivity index (χ3n) is 3.23. The number of rotatable bonds is 3. The molecule has 2 N–H and O–H groups in total. The molecule has 1 aromatic rings. The average molecular weight is 276 g/mol. The molecule has 106 valence electrons. The van der Waals surface area contributed by atoms with Crippen LogP contribution >= 0.6 is 0 Å². The van der Waals surface area contributed by atoms with Crippen molar-refractivity contribution >= 4 is 17.9 Å². The van der Waals surface area contributed by atoms with Crippen molar-refractivity contribution in [2.75, 3.05) is 6.54 Å². The zero-order valence-corrected chi connectivity index (χ0v) is 11.0. The normalized spacial score (nSPS) is 13.5. The fourth-order valence-electron chi connectivity index (χ4n) is 2.15. The number of nitrogens with zero attached hydrogens (tertiary/aromatic N) is 1. The minimum atomic E-state index is -1.06. The first kappa shape index (κ1) is 14.0. The van der Waals surface area contributed by atoms with E-state index >= 15 is 0 Å². The second-order valence-corrected chi connectivity index (χ2v) is 4.69. The van der Waals surface area contributed by atoms with E-state index in [1.54, 1.807) is 4.90 Å². The second kappa shape index (κ2) is 6.18. The quantitative estimate of drug-likeness (QED) is 0.867. The smallest absolute Gasteiger partial charge is 0.324 e. The molecule has 3 amide bonds. The van der Waals surface area contributed by atoms with Gasteiger partial charge in [0.25, 0.3) is 0 Å². The van der Waals surface area contributed by atoms with Gasteiger partial charge in [0.15, 0.2) is 0 Å². The fourth-order valence-corrected chi connectivity index (χ4v) is 2.15. The molecule has 0 saturated heterocycles. The molecule has 6 nitrogen and oxygen atoms in total. The van der Waals surface area contributed by atoms with Crippen LogP contribution < -0.4 is 5.32 Å². The summed E-state index contributed by atoms with van der Waals surface area (Å²) in [7, 11) is 0. The van der Waals surface area contributed by atoms with Crippen LogP contribution in [0.4, 0.5) is 4.79 Å². The van der Waals surface area contributed by atoms with Gasteiger partial charge < -0.3 is 10.0 Å². The monoisotopic (exact) mass is 276 g/mol. The van der Waals surface area contributed by atoms with Crippen LogP contribution in [0, 0.1) is 0 Å². The van der Waals surface area contributed by atoms with Crippen LogP contribution in [0.15, 0.2) is 24.3 Å². The van der Waals surface area contributed by atoms with Crippen molar-refractivity contribution in [2.24, 2.45) is 0 Å². The largest absolute Gasteiger partial charge is 0.481 e. The number of hydrogen-bond acceptors (Lipinski definition) is 3. The third-order valence-corrected chi connectivity index (χ3v) is 3.23. The summed E-state index contributed by atoms with van der Waals surface area (Å²) in [5, 5.41) is 10.7. The minimum Gasteiger partial charge on any atom is -0.481 e. The number of carboxylic acid groups (broad SMARTS) is 1. The number of carbonyl (C=O) groups is 3. The summed E-state index contributed by atoms with van der Waals surface area (Å²) in [5.41, 5.74) is 2.29. The van der Waals surface area contributed by atoms with Crippen molar-refractivity contribution in [1.29, 1.82) is 0 Å². The van der Waals surface area contributed by atoms with Gasteiger partial charge in [0.05, 0.1) is 6.42 Å². The molecule has 0 bridgehead atoms. The van der Waals surface area contributed by atoms with Crippen molar-refractivity contribution in [2.45, 2.75) is 25.8 Å². The molecule has 1 aliphatic heterocycles. The van der Waals surface area contributed by atoms with E-state index in [0.29, 0.717) is 13.1 Å². The number of carboxylic acids is 1. The Hall–Kier alpha value is -2.37. The van der Waals surface area contributed by atoms with Gasteiger partial charge in [-0.2, -0.15) is 0 Å². The van der Waals surface area contributed by atoms with Gasteiger partial charge in [0.2, 0.25) is 5.91 Å². The van der Waals surface area contributed by atoms with Gasteiger partial charge in [-0.15, -0.1) is 0 Å². The van der Waals surface area contributed by atoms with Crippen molar-refractivity contribution in [3.63, 3.8) is 0 Å². The number of benzene rings is 1. The van der Waals surface area contributed by atoms with Crippen LogP contribution in [0.5, 0.6) is 0 Å². The van der Waals surface area contributed by atoms with E-state index in [2.05, 4.69) is 5.32 Å². The summed E-state index contributed by atoms with van der Waals surface area (Å²) in [6, 6.07) is 7.40. The highest BCUT2D eigenvalue weighted by Crippen LogP contribution is 2.18. The van der Waals surface area contributed by atoms with E-state index in [4.69, 9.17) is 5.11 Å². The molecular weight excluding hydrogens is 260 g/mol. The van der Waals surface area contributed by atoms with Crippen molar-refractivity contribution in [1.82, 2.24) is 10.2 Å². The lowest BCUT2D eigenvalue weighted by Gasteiger charge is -2.28. The standard InChI is InChI=1S/C14H16N2O4/c17-12(5-6-13(18)19)15-14(20)16-8-7-10-3-1-2-4-11(10)9-16/h1-4H,5-9H2,(H,18,19)(H,15,17,20). The highest BCUT2D eigenvalue weighted by atomic mass is 16.4. The molecule has 20 heavy (non-hydrogen) atoms. The molecule has 1 aliphatic rings. The number of imide groups is 1. The van der Waals surface area contributed by atoms with Crippen LogP contribution in [0.3, 0.4) is 0 Å². The molecule has 6 heteroatoms. The van der Waals surface area contributed by atoms with Gasteiger partial charge in [-0.3, -0.25) is 14.9 Å². The predicted octanol–water partition coefficient (Wildman–Crippen LogP) is 1.15. The first-order valence-electron chi connectivity index (χ1n) is 6.43. The fraction of sp³-hybridized carbons (Fsp3) is 0.357. The van der Waals surface area contributed by atoms with Gasteiger partial charge in [-0.25, -0.2) is 4.79 Å². The van der Waals surface area contributed by atoms with Crippen LogP contribution in [0.1, 0.15) is 24.0 Å². The maximum atomic E-state index is 11.9. The predicted molar refractivity (Wildman–Crippen MR) is 71.0 cm³/mol. The molecule has 0 spiro atoms. The summed E-state index contributed by atoms with van der Waals surface area (Å²) < 4.78 is 0. The SMILES string of the molecule is O=C(O)CCC(=O)NC(=O)N1CCc2ccccc2C1. The average Bonchev–Trinajstić information content (AvgIpc) is 2.44. The van der Waals surface area contributed by atoms with E-state index in [1.807, 2.05) is 24.3 Å². The van der Waals surface area contributed by atoms with E-state index in [9.17, 15) is 14.4 Å². The maximum Gasteiger partial charge on any atom is 0.324 e. The Kier molecular flexibility index (Phi) is 4.34. The molecular formula is C14H16N2O4. The van der Waals surface area contributed by atoms with Gasteiger partial charge in [-0.05, 0) is 17.5 Å². The summed E-state index contributed by atoms with van der Waals surface area (Å²) in [6.45, 7) is 1.02. The molecule has 0 radical (unpaired) electrons. The number of fused-ring (bicyclic) bond motifs is 1. The number of nitrogens with one attached hydrogen (secondary N) is 1. The number of hydrogen-bond donors (Lipinski definition) is 2. The minimum absolute atomic E-state index is 0.189. The van der Waals surface area contributed by atoms with E-state index in [-0.39, 0.29) is 12.8 Å².